The second-order valence-electron chi connectivity index (χ2n) is 1.91. The van der Waals surface area contributed by atoms with E-state index in [9.17, 15) is 0 Å². The summed E-state index contributed by atoms with van der Waals surface area (Å²) >= 11 is 0. The Hall–Kier alpha value is -1.37. The van der Waals surface area contributed by atoms with Gasteiger partial charge in [-0.15, -0.1) is 0 Å². The first-order valence-electron chi connectivity index (χ1n) is 3.11. The highest BCUT2D eigenvalue weighted by Gasteiger charge is 1.78. The van der Waals surface area contributed by atoms with Gasteiger partial charge in [0.05, 0.1) is 0 Å². The van der Waals surface area contributed by atoms with E-state index in [4.69, 9.17) is 0 Å². The van der Waals surface area contributed by atoms with Crippen molar-refractivity contribution in [3.63, 3.8) is 0 Å². The van der Waals surface area contributed by atoms with Crippen molar-refractivity contribution in [2.75, 3.05) is 0 Å². The molecule has 0 aliphatic carbocycles. The highest BCUT2D eigenvalue weighted by molar-refractivity contribution is 5.49. The minimum absolute atomic E-state index is 1.15. The Kier molecular flexibility index (Phi) is 2.44. The first-order valence-corrected chi connectivity index (χ1v) is 3.11. The van der Waals surface area contributed by atoms with Crippen LogP contribution in [0.2, 0.25) is 0 Å². The standard InChI is InChI=1S/C9H9N/c1-10-8-7-9-5-3-2-4-6-9/h2-8H,1H2/b8-7+. The maximum atomic E-state index is 3.60. The summed E-state index contributed by atoms with van der Waals surface area (Å²) < 4.78 is 0. The molecule has 1 heteroatoms. The third-order valence-corrected chi connectivity index (χ3v) is 1.17. The smallest absolute Gasteiger partial charge is 0.0266 e. The van der Waals surface area contributed by atoms with Crippen molar-refractivity contribution >= 4 is 12.8 Å². The molecule has 0 saturated carbocycles. The zero-order chi connectivity index (χ0) is 7.23. The molecule has 1 nitrogen and oxygen atoms in total. The lowest BCUT2D eigenvalue weighted by molar-refractivity contribution is 1.61. The average molecular weight is 131 g/mol. The van der Waals surface area contributed by atoms with Gasteiger partial charge in [0, 0.05) is 6.20 Å². The van der Waals surface area contributed by atoms with Crippen LogP contribution in [0.5, 0.6) is 0 Å². The van der Waals surface area contributed by atoms with Crippen LogP contribution >= 0.6 is 0 Å². The van der Waals surface area contributed by atoms with Crippen LogP contribution in [-0.2, 0) is 0 Å². The lowest BCUT2D eigenvalue weighted by atomic mass is 10.2. The number of aliphatic imine (C=N–C) groups is 1. The molecule has 0 bridgehead atoms. The quantitative estimate of drug-likeness (QED) is 0.546. The molecule has 0 radical (unpaired) electrons. The highest BCUT2D eigenvalue weighted by atomic mass is 14.6. The Morgan fingerprint density at radius 3 is 2.50 bits per heavy atom. The minimum Gasteiger partial charge on any atom is -0.272 e. The molecule has 0 amide bonds. The maximum Gasteiger partial charge on any atom is 0.0266 e. The molecule has 0 fully saturated rings. The molecule has 1 aromatic rings. The number of nitrogens with zero attached hydrogens (tertiary/aromatic N) is 1. The highest BCUT2D eigenvalue weighted by Crippen LogP contribution is 1.99. The molecular weight excluding hydrogens is 122 g/mol. The van der Waals surface area contributed by atoms with E-state index in [-0.39, 0.29) is 0 Å². The Morgan fingerprint density at radius 2 is 1.90 bits per heavy atom. The SMILES string of the molecule is C=N/C=C/c1ccccc1. The molecule has 0 aromatic heterocycles. The molecule has 50 valence electrons. The fraction of sp³-hybridized carbons (Fsp3) is 0. The third-order valence-electron chi connectivity index (χ3n) is 1.17. The zero-order valence-corrected chi connectivity index (χ0v) is 5.70. The summed E-state index contributed by atoms with van der Waals surface area (Å²) in [7, 11) is 0. The first-order chi connectivity index (χ1) is 4.93. The van der Waals surface area contributed by atoms with E-state index in [1.807, 2.05) is 36.4 Å². The van der Waals surface area contributed by atoms with E-state index < -0.39 is 0 Å². The predicted octanol–water partition coefficient (Wildman–Crippen LogP) is 2.36. The van der Waals surface area contributed by atoms with Gasteiger partial charge in [0.1, 0.15) is 0 Å². The molecule has 0 aliphatic rings. The van der Waals surface area contributed by atoms with Gasteiger partial charge in [-0.25, -0.2) is 0 Å². The van der Waals surface area contributed by atoms with Gasteiger partial charge in [-0.2, -0.15) is 0 Å². The molecule has 0 unspecified atom stereocenters. The van der Waals surface area contributed by atoms with Crippen molar-refractivity contribution in [3.05, 3.63) is 42.1 Å². The van der Waals surface area contributed by atoms with Gasteiger partial charge in [-0.3, -0.25) is 4.99 Å². The van der Waals surface area contributed by atoms with Gasteiger partial charge in [0.15, 0.2) is 0 Å². The molecule has 0 aliphatic heterocycles. The van der Waals surface area contributed by atoms with Crippen molar-refractivity contribution in [2.24, 2.45) is 4.99 Å². The number of hydrogen-bond donors (Lipinski definition) is 0. The Bertz CT molecular complexity index is 224. The van der Waals surface area contributed by atoms with E-state index in [2.05, 4.69) is 11.7 Å². The van der Waals surface area contributed by atoms with Crippen molar-refractivity contribution in [1.29, 1.82) is 0 Å². The third kappa shape index (κ3) is 1.86. The fourth-order valence-corrected chi connectivity index (χ4v) is 0.703. The molecule has 0 saturated heterocycles. The van der Waals surface area contributed by atoms with Crippen LogP contribution in [0.1, 0.15) is 5.56 Å². The Morgan fingerprint density at radius 1 is 1.20 bits per heavy atom. The average Bonchev–Trinajstić information content (AvgIpc) is 2.03. The molecule has 0 N–H and O–H groups in total. The number of benzene rings is 1. The van der Waals surface area contributed by atoms with Gasteiger partial charge >= 0.3 is 0 Å². The molecule has 0 heterocycles. The molecule has 1 rings (SSSR count). The molecular formula is C9H9N. The van der Waals surface area contributed by atoms with Crippen LogP contribution in [-0.4, -0.2) is 6.72 Å². The largest absolute Gasteiger partial charge is 0.272 e. The summed E-state index contributed by atoms with van der Waals surface area (Å²) in [6.45, 7) is 3.34. The van der Waals surface area contributed by atoms with Gasteiger partial charge in [0.25, 0.3) is 0 Å². The number of hydrogen-bond acceptors (Lipinski definition) is 1. The zero-order valence-electron chi connectivity index (χ0n) is 5.70. The summed E-state index contributed by atoms with van der Waals surface area (Å²) in [6, 6.07) is 9.99. The van der Waals surface area contributed by atoms with Crippen LogP contribution in [0, 0.1) is 0 Å². The van der Waals surface area contributed by atoms with Crippen molar-refractivity contribution in [2.45, 2.75) is 0 Å². The Labute approximate surface area is 60.7 Å². The molecule has 0 atom stereocenters. The topological polar surface area (TPSA) is 12.4 Å². The van der Waals surface area contributed by atoms with Gasteiger partial charge in [-0.05, 0) is 18.4 Å². The molecule has 0 spiro atoms. The maximum absolute atomic E-state index is 3.60. The minimum atomic E-state index is 1.15. The monoisotopic (exact) mass is 131 g/mol. The summed E-state index contributed by atoms with van der Waals surface area (Å²) in [5.41, 5.74) is 1.15. The van der Waals surface area contributed by atoms with E-state index >= 15 is 0 Å². The van der Waals surface area contributed by atoms with Crippen molar-refractivity contribution in [3.8, 4) is 0 Å². The van der Waals surface area contributed by atoms with Crippen molar-refractivity contribution in [1.82, 2.24) is 0 Å². The van der Waals surface area contributed by atoms with E-state index in [0.29, 0.717) is 0 Å². The lowest BCUT2D eigenvalue weighted by Gasteiger charge is -1.87. The van der Waals surface area contributed by atoms with E-state index in [1.165, 1.54) is 0 Å². The molecule has 10 heavy (non-hydrogen) atoms. The molecule has 1 aromatic carbocycles. The van der Waals surface area contributed by atoms with Crippen LogP contribution in [0.15, 0.2) is 41.5 Å². The van der Waals surface area contributed by atoms with Gasteiger partial charge in [-0.1, -0.05) is 30.3 Å². The van der Waals surface area contributed by atoms with E-state index in [0.717, 1.165) is 5.56 Å². The van der Waals surface area contributed by atoms with Gasteiger partial charge in [0.2, 0.25) is 0 Å². The van der Waals surface area contributed by atoms with Crippen LogP contribution in [0.4, 0.5) is 0 Å². The normalized spacial score (nSPS) is 10.0. The van der Waals surface area contributed by atoms with Gasteiger partial charge < -0.3 is 0 Å². The first kappa shape index (κ1) is 6.75. The van der Waals surface area contributed by atoms with Crippen molar-refractivity contribution < 1.29 is 0 Å². The van der Waals surface area contributed by atoms with E-state index in [1.54, 1.807) is 6.20 Å². The summed E-state index contributed by atoms with van der Waals surface area (Å²) in [6.07, 6.45) is 3.59. The summed E-state index contributed by atoms with van der Waals surface area (Å²) in [5.74, 6) is 0. The second-order valence-corrected chi connectivity index (χ2v) is 1.91. The lowest BCUT2D eigenvalue weighted by Crippen LogP contribution is -1.65. The summed E-state index contributed by atoms with van der Waals surface area (Å²) in [5, 5.41) is 0. The fourth-order valence-electron chi connectivity index (χ4n) is 0.703. The number of rotatable bonds is 2. The Balaban J connectivity index is 2.76. The second kappa shape index (κ2) is 3.62. The van der Waals surface area contributed by atoms with Crippen LogP contribution in [0.3, 0.4) is 0 Å². The van der Waals surface area contributed by atoms with Crippen LogP contribution in [0.25, 0.3) is 6.08 Å². The summed E-state index contributed by atoms with van der Waals surface area (Å²) in [4.78, 5) is 3.60. The predicted molar refractivity (Wildman–Crippen MR) is 45.0 cm³/mol. The van der Waals surface area contributed by atoms with Crippen LogP contribution < -0.4 is 0 Å².